The Balaban J connectivity index is 2.01. The molecule has 126 valence electrons. The molecule has 0 spiro atoms. The molecular weight excluding hydrogens is 292 g/mol. The average Bonchev–Trinajstić information content (AvgIpc) is 3.01. The van der Waals surface area contributed by atoms with Gasteiger partial charge in [0.1, 0.15) is 6.10 Å². The molecule has 1 N–H and O–H groups in total. The van der Waals surface area contributed by atoms with E-state index in [2.05, 4.69) is 10.3 Å². The van der Waals surface area contributed by atoms with E-state index in [1.165, 1.54) is 0 Å². The molecule has 23 heavy (non-hydrogen) atoms. The van der Waals surface area contributed by atoms with Gasteiger partial charge in [0, 0.05) is 40.5 Å². The second-order valence-electron chi connectivity index (χ2n) is 6.10. The molecule has 2 rings (SSSR count). The number of nitrogens with one attached hydrogen (secondary N) is 1. The SMILES string of the molecule is CN(C)C(=NCc1cccc(NC(=O)C2CCCO2)c1)N(C)C. The smallest absolute Gasteiger partial charge is 0.253 e. The number of rotatable bonds is 4. The van der Waals surface area contributed by atoms with Gasteiger partial charge in [-0.15, -0.1) is 0 Å². The maximum atomic E-state index is 12.1. The van der Waals surface area contributed by atoms with Crippen LogP contribution in [0.1, 0.15) is 18.4 Å². The summed E-state index contributed by atoms with van der Waals surface area (Å²) in [4.78, 5) is 20.7. The molecule has 6 nitrogen and oxygen atoms in total. The van der Waals surface area contributed by atoms with Crippen LogP contribution in [0.4, 0.5) is 5.69 Å². The molecule has 1 aromatic carbocycles. The Bertz CT molecular complexity index is 553. The van der Waals surface area contributed by atoms with Crippen molar-refractivity contribution in [3.8, 4) is 0 Å². The molecule has 1 unspecified atom stereocenters. The number of aliphatic imine (C=N–C) groups is 1. The second-order valence-corrected chi connectivity index (χ2v) is 6.10. The first-order chi connectivity index (χ1) is 11.0. The van der Waals surface area contributed by atoms with Crippen LogP contribution in [0.3, 0.4) is 0 Å². The minimum Gasteiger partial charge on any atom is -0.368 e. The highest BCUT2D eigenvalue weighted by Crippen LogP contribution is 2.16. The molecule has 0 aliphatic carbocycles. The van der Waals surface area contributed by atoms with Crippen molar-refractivity contribution in [1.82, 2.24) is 9.80 Å². The molecule has 1 fully saturated rings. The second kappa shape index (κ2) is 7.97. The first kappa shape index (κ1) is 17.3. The highest BCUT2D eigenvalue weighted by Gasteiger charge is 2.23. The first-order valence-corrected chi connectivity index (χ1v) is 7.88. The summed E-state index contributed by atoms with van der Waals surface area (Å²) in [5.74, 6) is 0.837. The lowest BCUT2D eigenvalue weighted by Gasteiger charge is -2.22. The molecule has 1 heterocycles. The molecule has 6 heteroatoms. The zero-order chi connectivity index (χ0) is 16.8. The lowest BCUT2D eigenvalue weighted by molar-refractivity contribution is -0.124. The van der Waals surface area contributed by atoms with Crippen LogP contribution in [-0.4, -0.2) is 62.6 Å². The Labute approximate surface area is 138 Å². The van der Waals surface area contributed by atoms with E-state index in [-0.39, 0.29) is 12.0 Å². The summed E-state index contributed by atoms with van der Waals surface area (Å²) < 4.78 is 5.40. The van der Waals surface area contributed by atoms with E-state index in [4.69, 9.17) is 4.74 Å². The van der Waals surface area contributed by atoms with Crippen molar-refractivity contribution < 1.29 is 9.53 Å². The maximum Gasteiger partial charge on any atom is 0.253 e. The van der Waals surface area contributed by atoms with Crippen LogP contribution in [0, 0.1) is 0 Å². The summed E-state index contributed by atoms with van der Waals surface area (Å²) in [5, 5.41) is 2.92. The first-order valence-electron chi connectivity index (χ1n) is 7.88. The van der Waals surface area contributed by atoms with Crippen molar-refractivity contribution in [3.63, 3.8) is 0 Å². The number of anilines is 1. The number of ether oxygens (including phenoxy) is 1. The molecule has 1 aromatic rings. The van der Waals surface area contributed by atoms with Gasteiger partial charge in [-0.3, -0.25) is 4.79 Å². The predicted octanol–water partition coefficient (Wildman–Crippen LogP) is 1.78. The minimum atomic E-state index is -0.314. The van der Waals surface area contributed by atoms with Crippen molar-refractivity contribution in [2.24, 2.45) is 4.99 Å². The number of amides is 1. The highest BCUT2D eigenvalue weighted by molar-refractivity contribution is 5.94. The molecular formula is C17H26N4O2. The molecule has 0 radical (unpaired) electrons. The number of hydrogen-bond acceptors (Lipinski definition) is 3. The summed E-state index contributed by atoms with van der Waals surface area (Å²) in [6.07, 6.45) is 1.43. The molecule has 0 aromatic heterocycles. The van der Waals surface area contributed by atoms with E-state index in [1.807, 2.05) is 62.3 Å². The average molecular weight is 318 g/mol. The van der Waals surface area contributed by atoms with Crippen LogP contribution in [-0.2, 0) is 16.1 Å². The number of carbonyl (C=O) groups is 1. The van der Waals surface area contributed by atoms with Gasteiger partial charge in [-0.05, 0) is 30.5 Å². The number of nitrogens with zero attached hydrogens (tertiary/aromatic N) is 3. The fraction of sp³-hybridized carbons (Fsp3) is 0.529. The summed E-state index contributed by atoms with van der Waals surface area (Å²) in [7, 11) is 7.88. The Morgan fingerprint density at radius 2 is 2.04 bits per heavy atom. The maximum absolute atomic E-state index is 12.1. The van der Waals surface area contributed by atoms with Crippen LogP contribution >= 0.6 is 0 Å². The Hall–Kier alpha value is -2.08. The third-order valence-electron chi connectivity index (χ3n) is 3.62. The van der Waals surface area contributed by atoms with Crippen molar-refractivity contribution >= 4 is 17.6 Å². The van der Waals surface area contributed by atoms with Crippen LogP contribution in [0.15, 0.2) is 29.3 Å². The number of benzene rings is 1. The zero-order valence-electron chi connectivity index (χ0n) is 14.4. The van der Waals surface area contributed by atoms with E-state index in [0.29, 0.717) is 13.2 Å². The van der Waals surface area contributed by atoms with Gasteiger partial charge in [-0.1, -0.05) is 12.1 Å². The third-order valence-corrected chi connectivity index (χ3v) is 3.62. The highest BCUT2D eigenvalue weighted by atomic mass is 16.5. The summed E-state index contributed by atoms with van der Waals surface area (Å²) in [6.45, 7) is 1.24. The van der Waals surface area contributed by atoms with Crippen LogP contribution < -0.4 is 5.32 Å². The quantitative estimate of drug-likeness (QED) is 0.679. The monoisotopic (exact) mass is 318 g/mol. The van der Waals surface area contributed by atoms with E-state index in [0.717, 1.165) is 30.1 Å². The van der Waals surface area contributed by atoms with Crippen LogP contribution in [0.2, 0.25) is 0 Å². The molecule has 1 aliphatic heterocycles. The largest absolute Gasteiger partial charge is 0.368 e. The number of carbonyl (C=O) groups excluding carboxylic acids is 1. The van der Waals surface area contributed by atoms with Gasteiger partial charge >= 0.3 is 0 Å². The van der Waals surface area contributed by atoms with Crippen molar-refractivity contribution in [2.75, 3.05) is 40.1 Å². The van der Waals surface area contributed by atoms with Crippen molar-refractivity contribution in [3.05, 3.63) is 29.8 Å². The molecule has 1 atom stereocenters. The van der Waals surface area contributed by atoms with E-state index in [1.54, 1.807) is 0 Å². The summed E-state index contributed by atoms with van der Waals surface area (Å²) in [6, 6.07) is 7.79. The molecule has 0 bridgehead atoms. The fourth-order valence-electron chi connectivity index (χ4n) is 2.60. The van der Waals surface area contributed by atoms with Gasteiger partial charge in [0.05, 0.1) is 6.54 Å². The van der Waals surface area contributed by atoms with Crippen LogP contribution in [0.5, 0.6) is 0 Å². The van der Waals surface area contributed by atoms with Crippen LogP contribution in [0.25, 0.3) is 0 Å². The summed E-state index contributed by atoms with van der Waals surface area (Å²) >= 11 is 0. The van der Waals surface area contributed by atoms with E-state index in [9.17, 15) is 4.79 Å². The van der Waals surface area contributed by atoms with E-state index >= 15 is 0 Å². The van der Waals surface area contributed by atoms with E-state index < -0.39 is 0 Å². The summed E-state index contributed by atoms with van der Waals surface area (Å²) in [5.41, 5.74) is 1.84. The zero-order valence-corrected chi connectivity index (χ0v) is 14.4. The normalized spacial score (nSPS) is 16.8. The van der Waals surface area contributed by atoms with Crippen molar-refractivity contribution in [2.45, 2.75) is 25.5 Å². The minimum absolute atomic E-state index is 0.0644. The fourth-order valence-corrected chi connectivity index (χ4v) is 2.60. The van der Waals surface area contributed by atoms with Gasteiger partial charge < -0.3 is 19.9 Å². The molecule has 1 aliphatic rings. The molecule has 0 saturated carbocycles. The van der Waals surface area contributed by atoms with Gasteiger partial charge in [-0.2, -0.15) is 0 Å². The molecule has 1 saturated heterocycles. The standard InChI is InChI=1S/C17H26N4O2/c1-20(2)17(21(3)4)18-12-13-7-5-8-14(11-13)19-16(22)15-9-6-10-23-15/h5,7-8,11,15H,6,9-10,12H2,1-4H3,(H,19,22). The lowest BCUT2D eigenvalue weighted by Crippen LogP contribution is -2.35. The van der Waals surface area contributed by atoms with Crippen molar-refractivity contribution in [1.29, 1.82) is 0 Å². The molecule has 1 amide bonds. The van der Waals surface area contributed by atoms with Gasteiger partial charge in [0.15, 0.2) is 5.96 Å². The Kier molecular flexibility index (Phi) is 5.98. The lowest BCUT2D eigenvalue weighted by atomic mass is 10.2. The Morgan fingerprint density at radius 3 is 2.65 bits per heavy atom. The van der Waals surface area contributed by atoms with Gasteiger partial charge in [0.2, 0.25) is 0 Å². The Morgan fingerprint density at radius 1 is 1.30 bits per heavy atom. The van der Waals surface area contributed by atoms with Gasteiger partial charge in [-0.25, -0.2) is 4.99 Å². The number of guanidine groups is 1. The predicted molar refractivity (Wildman–Crippen MR) is 92.6 cm³/mol. The van der Waals surface area contributed by atoms with Gasteiger partial charge in [0.25, 0.3) is 5.91 Å². The number of hydrogen-bond donors (Lipinski definition) is 1. The topological polar surface area (TPSA) is 57.2 Å². The third kappa shape index (κ3) is 4.96.